The molecule has 0 aliphatic carbocycles. The van der Waals surface area contributed by atoms with Crippen LogP contribution >= 0.6 is 0 Å². The van der Waals surface area contributed by atoms with Gasteiger partial charge in [-0.3, -0.25) is 0 Å². The topological polar surface area (TPSA) is 26.7 Å². The molecule has 3 aromatic carbocycles. The highest BCUT2D eigenvalue weighted by molar-refractivity contribution is 5.82. The molecule has 1 heterocycles. The van der Waals surface area contributed by atoms with E-state index in [0.29, 0.717) is 0 Å². The van der Waals surface area contributed by atoms with E-state index in [-0.39, 0.29) is 6.10 Å². The van der Waals surface area contributed by atoms with Gasteiger partial charge in [-0.15, -0.1) is 0 Å². The summed E-state index contributed by atoms with van der Waals surface area (Å²) in [6.07, 6.45) is 4.89. The molecular weight excluding hydrogens is 416 g/mol. The number of hydrogen-bond donors (Lipinski definition) is 1. The van der Waals surface area contributed by atoms with Gasteiger partial charge in [0.2, 0.25) is 0 Å². The Morgan fingerprint density at radius 2 is 1.35 bits per heavy atom. The Morgan fingerprint density at radius 1 is 0.794 bits per heavy atom. The molecule has 178 valence electrons. The summed E-state index contributed by atoms with van der Waals surface area (Å²) in [5.74, 6) is 0. The Morgan fingerprint density at radius 3 is 1.88 bits per heavy atom. The van der Waals surface area contributed by atoms with E-state index in [0.717, 1.165) is 63.0 Å². The molecule has 0 amide bonds. The van der Waals surface area contributed by atoms with Crippen molar-refractivity contribution < 1.29 is 5.11 Å². The molecule has 4 rings (SSSR count). The molecule has 0 saturated carbocycles. The van der Waals surface area contributed by atoms with Crippen molar-refractivity contribution in [1.29, 1.82) is 0 Å². The van der Waals surface area contributed by atoms with E-state index in [4.69, 9.17) is 0 Å². The number of rotatable bonds is 9. The van der Waals surface area contributed by atoms with Crippen LogP contribution in [0, 0.1) is 0 Å². The highest BCUT2D eigenvalue weighted by atomic mass is 16.3. The molecule has 1 aliphatic rings. The monoisotopic (exact) mass is 454 g/mol. The van der Waals surface area contributed by atoms with Crippen molar-refractivity contribution in [1.82, 2.24) is 4.90 Å². The third-order valence-corrected chi connectivity index (χ3v) is 6.93. The third-order valence-electron chi connectivity index (χ3n) is 6.93. The number of hydrogen-bond acceptors (Lipinski definition) is 3. The lowest BCUT2D eigenvalue weighted by molar-refractivity contribution is 0.160. The molecule has 0 radical (unpaired) electrons. The minimum absolute atomic E-state index is 0.369. The number of nitrogens with zero attached hydrogens (tertiary/aromatic N) is 2. The van der Waals surface area contributed by atoms with Crippen LogP contribution < -0.4 is 4.90 Å². The fourth-order valence-corrected chi connectivity index (χ4v) is 4.92. The number of likely N-dealkylation sites (tertiary alicyclic amines) is 1. The second-order valence-electron chi connectivity index (χ2n) is 9.55. The van der Waals surface area contributed by atoms with Crippen molar-refractivity contribution in [2.24, 2.45) is 0 Å². The first-order valence-corrected chi connectivity index (χ1v) is 12.6. The number of benzene rings is 3. The summed E-state index contributed by atoms with van der Waals surface area (Å²) in [6, 6.07) is 29.9. The normalized spacial score (nSPS) is 15.2. The van der Waals surface area contributed by atoms with Gasteiger partial charge in [-0.25, -0.2) is 0 Å². The second kappa shape index (κ2) is 12.0. The van der Waals surface area contributed by atoms with Crippen LogP contribution in [-0.2, 0) is 0 Å². The maximum atomic E-state index is 10.6. The minimum atomic E-state index is -0.369. The summed E-state index contributed by atoms with van der Waals surface area (Å²) in [5.41, 5.74) is 7.83. The van der Waals surface area contributed by atoms with E-state index >= 15 is 0 Å². The Bertz CT molecular complexity index is 990. The van der Waals surface area contributed by atoms with Gasteiger partial charge in [0.1, 0.15) is 0 Å². The lowest BCUT2D eigenvalue weighted by atomic mass is 9.88. The average molecular weight is 455 g/mol. The second-order valence-corrected chi connectivity index (χ2v) is 9.55. The largest absolute Gasteiger partial charge is 0.388 e. The van der Waals surface area contributed by atoms with Gasteiger partial charge in [0.05, 0.1) is 6.10 Å². The SMILES string of the molecule is CN(C)c1ccc(C(O)CCCCN2CCC(=C(c3ccccc3)c3ccccc3)CC2)cc1. The lowest BCUT2D eigenvalue weighted by Crippen LogP contribution is -2.32. The predicted molar refractivity (Wildman–Crippen MR) is 144 cm³/mol. The summed E-state index contributed by atoms with van der Waals surface area (Å²) < 4.78 is 0. The molecule has 1 aliphatic heterocycles. The number of piperidine rings is 1. The first-order chi connectivity index (χ1) is 16.6. The molecular formula is C31H38N2O. The van der Waals surface area contributed by atoms with Crippen LogP contribution in [0.25, 0.3) is 5.57 Å². The van der Waals surface area contributed by atoms with Crippen LogP contribution in [0.5, 0.6) is 0 Å². The van der Waals surface area contributed by atoms with E-state index in [2.05, 4.69) is 94.7 Å². The summed E-state index contributed by atoms with van der Waals surface area (Å²) in [6.45, 7) is 3.35. The van der Waals surface area contributed by atoms with Gasteiger partial charge in [0.25, 0.3) is 0 Å². The Balaban J connectivity index is 1.28. The van der Waals surface area contributed by atoms with Crippen LogP contribution in [0.4, 0.5) is 5.69 Å². The summed E-state index contributed by atoms with van der Waals surface area (Å²) >= 11 is 0. The number of aliphatic hydroxyl groups is 1. The van der Waals surface area contributed by atoms with E-state index in [1.165, 1.54) is 16.7 Å². The van der Waals surface area contributed by atoms with Crippen molar-refractivity contribution >= 4 is 11.3 Å². The zero-order valence-corrected chi connectivity index (χ0v) is 20.7. The molecule has 0 aromatic heterocycles. The van der Waals surface area contributed by atoms with Crippen LogP contribution in [0.2, 0.25) is 0 Å². The minimum Gasteiger partial charge on any atom is -0.388 e. The summed E-state index contributed by atoms with van der Waals surface area (Å²) in [4.78, 5) is 4.67. The third kappa shape index (κ3) is 6.37. The van der Waals surface area contributed by atoms with Gasteiger partial charge < -0.3 is 14.9 Å². The fraction of sp³-hybridized carbons (Fsp3) is 0.355. The van der Waals surface area contributed by atoms with Gasteiger partial charge in [0.15, 0.2) is 0 Å². The van der Waals surface area contributed by atoms with E-state index < -0.39 is 0 Å². The molecule has 1 saturated heterocycles. The van der Waals surface area contributed by atoms with E-state index in [1.807, 2.05) is 14.1 Å². The van der Waals surface area contributed by atoms with Crippen LogP contribution in [-0.4, -0.2) is 43.7 Å². The number of aliphatic hydroxyl groups excluding tert-OH is 1. The van der Waals surface area contributed by atoms with Crippen molar-refractivity contribution in [3.8, 4) is 0 Å². The molecule has 1 fully saturated rings. The quantitative estimate of drug-likeness (QED) is 0.371. The first kappa shape index (κ1) is 24.3. The fourth-order valence-electron chi connectivity index (χ4n) is 4.92. The molecule has 1 unspecified atom stereocenters. The summed E-state index contributed by atoms with van der Waals surface area (Å²) in [7, 11) is 4.07. The number of anilines is 1. The predicted octanol–water partition coefficient (Wildman–Crippen LogP) is 6.55. The van der Waals surface area contributed by atoms with Crippen molar-refractivity contribution in [2.75, 3.05) is 38.6 Å². The van der Waals surface area contributed by atoms with E-state index in [1.54, 1.807) is 5.57 Å². The lowest BCUT2D eigenvalue weighted by Gasteiger charge is -2.30. The molecule has 3 aromatic rings. The van der Waals surface area contributed by atoms with Crippen molar-refractivity contribution in [2.45, 2.75) is 38.2 Å². The molecule has 34 heavy (non-hydrogen) atoms. The van der Waals surface area contributed by atoms with Crippen LogP contribution in [0.15, 0.2) is 90.5 Å². The van der Waals surface area contributed by atoms with Gasteiger partial charge in [-0.05, 0) is 73.0 Å². The first-order valence-electron chi connectivity index (χ1n) is 12.6. The van der Waals surface area contributed by atoms with Crippen LogP contribution in [0.3, 0.4) is 0 Å². The highest BCUT2D eigenvalue weighted by Gasteiger charge is 2.19. The van der Waals surface area contributed by atoms with Crippen molar-refractivity contribution in [3.63, 3.8) is 0 Å². The smallest absolute Gasteiger partial charge is 0.0790 e. The highest BCUT2D eigenvalue weighted by Crippen LogP contribution is 2.32. The van der Waals surface area contributed by atoms with Crippen molar-refractivity contribution in [3.05, 3.63) is 107 Å². The zero-order valence-electron chi connectivity index (χ0n) is 20.7. The Kier molecular flexibility index (Phi) is 8.56. The molecule has 1 N–H and O–H groups in total. The maximum absolute atomic E-state index is 10.6. The standard InChI is InChI=1S/C31H38N2O/c1-32(2)29-18-16-25(17-19-29)30(34)15-9-10-22-33-23-20-28(21-24-33)31(26-11-5-3-6-12-26)27-13-7-4-8-14-27/h3-8,11-14,16-19,30,34H,9-10,15,20-24H2,1-2H3. The Labute approximate surface area is 205 Å². The molecule has 0 bridgehead atoms. The Hall–Kier alpha value is -2.88. The maximum Gasteiger partial charge on any atom is 0.0790 e. The number of unbranched alkanes of at least 4 members (excludes halogenated alkanes) is 1. The zero-order chi connectivity index (χ0) is 23.8. The summed E-state index contributed by atoms with van der Waals surface area (Å²) in [5, 5.41) is 10.6. The molecule has 1 atom stereocenters. The van der Waals surface area contributed by atoms with Gasteiger partial charge in [0, 0.05) is 32.9 Å². The molecule has 0 spiro atoms. The van der Waals surface area contributed by atoms with E-state index in [9.17, 15) is 5.11 Å². The van der Waals surface area contributed by atoms with Gasteiger partial charge in [-0.1, -0.05) is 78.4 Å². The average Bonchev–Trinajstić information content (AvgIpc) is 2.89. The van der Waals surface area contributed by atoms with Crippen LogP contribution in [0.1, 0.15) is 54.9 Å². The van der Waals surface area contributed by atoms with Gasteiger partial charge in [-0.2, -0.15) is 0 Å². The van der Waals surface area contributed by atoms with Gasteiger partial charge >= 0.3 is 0 Å². The molecule has 3 heteroatoms. The molecule has 3 nitrogen and oxygen atoms in total.